The Hall–Kier alpha value is -3.54. The summed E-state index contributed by atoms with van der Waals surface area (Å²) in [4.78, 5) is 0. The van der Waals surface area contributed by atoms with Gasteiger partial charge in [-0.1, -0.05) is 43.8 Å². The van der Waals surface area contributed by atoms with E-state index in [1.807, 2.05) is 42.5 Å². The van der Waals surface area contributed by atoms with Gasteiger partial charge in [0, 0.05) is 6.42 Å². The molecule has 1 N–H and O–H groups in total. The Morgan fingerprint density at radius 3 is 2.29 bits per heavy atom. The fourth-order valence-corrected chi connectivity index (χ4v) is 2.47. The van der Waals surface area contributed by atoms with Gasteiger partial charge < -0.3 is 14.6 Å². The Morgan fingerprint density at radius 2 is 1.71 bits per heavy atom. The average molecular weight is 374 g/mol. The second-order valence-corrected chi connectivity index (χ2v) is 6.09. The van der Waals surface area contributed by atoms with E-state index < -0.39 is 0 Å². The summed E-state index contributed by atoms with van der Waals surface area (Å²) in [6.45, 7) is 6.70. The second kappa shape index (κ2) is 10.6. The van der Waals surface area contributed by atoms with E-state index in [0.29, 0.717) is 48.5 Å². The molecular weight excluding hydrogens is 352 g/mol. The van der Waals surface area contributed by atoms with Gasteiger partial charge in [0.15, 0.2) is 5.76 Å². The van der Waals surface area contributed by atoms with Crippen molar-refractivity contribution in [3.63, 3.8) is 0 Å². The summed E-state index contributed by atoms with van der Waals surface area (Å²) in [5.41, 5.74) is 2.27. The van der Waals surface area contributed by atoms with Crippen molar-refractivity contribution in [2.24, 2.45) is 0 Å². The van der Waals surface area contributed by atoms with Crippen molar-refractivity contribution in [3.05, 3.63) is 88.9 Å². The van der Waals surface area contributed by atoms with Crippen LogP contribution in [-0.2, 0) is 11.3 Å². The van der Waals surface area contributed by atoms with Gasteiger partial charge in [0.25, 0.3) is 0 Å². The molecule has 0 atom stereocenters. The van der Waals surface area contributed by atoms with Crippen LogP contribution in [0.4, 0.5) is 0 Å². The molecule has 0 saturated carbocycles. The van der Waals surface area contributed by atoms with E-state index in [9.17, 15) is 5.11 Å². The molecule has 2 aromatic rings. The molecule has 0 radical (unpaired) electrons. The summed E-state index contributed by atoms with van der Waals surface area (Å²) in [7, 11) is 0. The van der Waals surface area contributed by atoms with Gasteiger partial charge in [-0.3, -0.25) is 0 Å². The van der Waals surface area contributed by atoms with Gasteiger partial charge in [-0.05, 0) is 35.8 Å². The molecular formula is C23H22N2O3. The SMILES string of the molecule is C=C(CCOCc1ccccc1)/C(Oc1cc(C#N)cc(C#N)c1)=C(\O)CC. The van der Waals surface area contributed by atoms with Crippen molar-refractivity contribution < 1.29 is 14.6 Å². The van der Waals surface area contributed by atoms with Gasteiger partial charge in [0.05, 0.1) is 36.5 Å². The standard InChI is InChI=1S/C23H22N2O3/c1-3-22(26)23(28-21-12-19(14-24)11-20(13-21)15-25)17(2)9-10-27-16-18-7-5-4-6-8-18/h4-8,11-13,26H,2-3,9-10,16H2,1H3/b23-22+. The number of ether oxygens (including phenoxy) is 2. The molecule has 0 heterocycles. The fraction of sp³-hybridized carbons (Fsp3) is 0.217. The lowest BCUT2D eigenvalue weighted by atomic mass is 10.1. The van der Waals surface area contributed by atoms with Crippen LogP contribution in [0.25, 0.3) is 0 Å². The van der Waals surface area contributed by atoms with Gasteiger partial charge >= 0.3 is 0 Å². The fourth-order valence-electron chi connectivity index (χ4n) is 2.47. The molecule has 0 saturated heterocycles. The summed E-state index contributed by atoms with van der Waals surface area (Å²) in [5, 5.41) is 28.5. The largest absolute Gasteiger partial charge is 0.508 e. The van der Waals surface area contributed by atoms with Crippen molar-refractivity contribution in [3.8, 4) is 17.9 Å². The number of nitriles is 2. The molecule has 0 bridgehead atoms. The molecule has 0 aliphatic carbocycles. The highest BCUT2D eigenvalue weighted by Crippen LogP contribution is 2.25. The Kier molecular flexibility index (Phi) is 7.84. The molecule has 0 aliphatic rings. The number of aliphatic hydroxyl groups is 1. The molecule has 2 rings (SSSR count). The zero-order chi connectivity index (χ0) is 20.4. The minimum Gasteiger partial charge on any atom is -0.508 e. The van der Waals surface area contributed by atoms with Gasteiger partial charge in [-0.15, -0.1) is 0 Å². The van der Waals surface area contributed by atoms with Crippen molar-refractivity contribution in [2.45, 2.75) is 26.4 Å². The first kappa shape index (κ1) is 20.8. The lowest BCUT2D eigenvalue weighted by Crippen LogP contribution is -2.06. The zero-order valence-corrected chi connectivity index (χ0v) is 15.8. The van der Waals surface area contributed by atoms with Crippen LogP contribution in [0.1, 0.15) is 36.5 Å². The second-order valence-electron chi connectivity index (χ2n) is 6.09. The van der Waals surface area contributed by atoms with E-state index >= 15 is 0 Å². The van der Waals surface area contributed by atoms with Crippen LogP contribution in [0.15, 0.2) is 72.2 Å². The molecule has 0 amide bonds. The van der Waals surface area contributed by atoms with Gasteiger partial charge in [-0.2, -0.15) is 10.5 Å². The molecule has 0 aliphatic heterocycles. The zero-order valence-electron chi connectivity index (χ0n) is 15.8. The average Bonchev–Trinajstić information content (AvgIpc) is 2.74. The topological polar surface area (TPSA) is 86.3 Å². The molecule has 0 fully saturated rings. The van der Waals surface area contributed by atoms with Gasteiger partial charge in [0.1, 0.15) is 11.5 Å². The molecule has 28 heavy (non-hydrogen) atoms. The van der Waals surface area contributed by atoms with E-state index in [2.05, 4.69) is 6.58 Å². The summed E-state index contributed by atoms with van der Waals surface area (Å²) in [5.74, 6) is 0.593. The summed E-state index contributed by atoms with van der Waals surface area (Å²) in [6, 6.07) is 18.3. The van der Waals surface area contributed by atoms with E-state index in [1.54, 1.807) is 6.92 Å². The third-order valence-corrected chi connectivity index (χ3v) is 3.96. The van der Waals surface area contributed by atoms with Crippen LogP contribution in [0.2, 0.25) is 0 Å². The summed E-state index contributed by atoms with van der Waals surface area (Å²) in [6.07, 6.45) is 0.831. The molecule has 0 unspecified atom stereocenters. The van der Waals surface area contributed by atoms with E-state index in [4.69, 9.17) is 20.0 Å². The first-order chi connectivity index (χ1) is 13.6. The number of hydrogen-bond acceptors (Lipinski definition) is 5. The molecule has 2 aromatic carbocycles. The quantitative estimate of drug-likeness (QED) is 0.372. The highest BCUT2D eigenvalue weighted by molar-refractivity contribution is 5.46. The predicted molar refractivity (Wildman–Crippen MR) is 106 cm³/mol. The minimum atomic E-state index is 0.0499. The molecule has 5 heteroatoms. The van der Waals surface area contributed by atoms with Crippen LogP contribution < -0.4 is 4.74 Å². The highest BCUT2D eigenvalue weighted by Gasteiger charge is 2.13. The molecule has 0 spiro atoms. The monoisotopic (exact) mass is 374 g/mol. The van der Waals surface area contributed by atoms with Crippen molar-refractivity contribution >= 4 is 0 Å². The first-order valence-electron chi connectivity index (χ1n) is 8.92. The number of aliphatic hydroxyl groups excluding tert-OH is 1. The Morgan fingerprint density at radius 1 is 1.07 bits per heavy atom. The molecule has 142 valence electrons. The van der Waals surface area contributed by atoms with Crippen LogP contribution in [-0.4, -0.2) is 11.7 Å². The van der Waals surface area contributed by atoms with Crippen LogP contribution in [0.5, 0.6) is 5.75 Å². The van der Waals surface area contributed by atoms with Crippen LogP contribution in [0, 0.1) is 22.7 Å². The third kappa shape index (κ3) is 6.02. The maximum atomic E-state index is 10.3. The number of allylic oxidation sites excluding steroid dienone is 2. The highest BCUT2D eigenvalue weighted by atomic mass is 16.5. The van der Waals surface area contributed by atoms with Crippen molar-refractivity contribution in [1.82, 2.24) is 0 Å². The van der Waals surface area contributed by atoms with E-state index in [1.165, 1.54) is 18.2 Å². The Labute approximate surface area is 165 Å². The van der Waals surface area contributed by atoms with E-state index in [0.717, 1.165) is 5.56 Å². The maximum absolute atomic E-state index is 10.3. The summed E-state index contributed by atoms with van der Waals surface area (Å²) >= 11 is 0. The normalized spacial score (nSPS) is 11.1. The van der Waals surface area contributed by atoms with Crippen molar-refractivity contribution in [2.75, 3.05) is 6.61 Å². The first-order valence-corrected chi connectivity index (χ1v) is 8.92. The Balaban J connectivity index is 2.05. The van der Waals surface area contributed by atoms with Gasteiger partial charge in [-0.25, -0.2) is 0 Å². The Bertz CT molecular complexity index is 902. The number of nitrogens with zero attached hydrogens (tertiary/aromatic N) is 2. The maximum Gasteiger partial charge on any atom is 0.167 e. The molecule has 0 aromatic heterocycles. The molecule has 5 nitrogen and oxygen atoms in total. The van der Waals surface area contributed by atoms with Gasteiger partial charge in [0.2, 0.25) is 0 Å². The minimum absolute atomic E-state index is 0.0499. The van der Waals surface area contributed by atoms with Crippen molar-refractivity contribution in [1.29, 1.82) is 10.5 Å². The smallest absolute Gasteiger partial charge is 0.167 e. The number of rotatable bonds is 9. The lowest BCUT2D eigenvalue weighted by Gasteiger charge is -2.15. The predicted octanol–water partition coefficient (Wildman–Crippen LogP) is 5.15. The number of benzene rings is 2. The lowest BCUT2D eigenvalue weighted by molar-refractivity contribution is 0.123. The van der Waals surface area contributed by atoms with Crippen LogP contribution in [0.3, 0.4) is 0 Å². The number of hydrogen-bond donors (Lipinski definition) is 1. The third-order valence-electron chi connectivity index (χ3n) is 3.96. The van der Waals surface area contributed by atoms with E-state index in [-0.39, 0.29) is 11.5 Å². The summed E-state index contributed by atoms with van der Waals surface area (Å²) < 4.78 is 11.5. The van der Waals surface area contributed by atoms with Crippen LogP contribution >= 0.6 is 0 Å².